The summed E-state index contributed by atoms with van der Waals surface area (Å²) in [5, 5.41) is 8.27. The third kappa shape index (κ3) is 2.62. The average Bonchev–Trinajstić information content (AvgIpc) is 2.80. The van der Waals surface area contributed by atoms with Gasteiger partial charge in [-0.15, -0.1) is 5.11 Å². The molecule has 0 aliphatic carbocycles. The lowest BCUT2D eigenvalue weighted by molar-refractivity contribution is 0.625. The van der Waals surface area contributed by atoms with Crippen molar-refractivity contribution >= 4 is 27.3 Å². The summed E-state index contributed by atoms with van der Waals surface area (Å²) in [7, 11) is 0. The molecule has 2 aliphatic heterocycles. The highest BCUT2D eigenvalue weighted by Crippen LogP contribution is 2.39. The lowest BCUT2D eigenvalue weighted by Gasteiger charge is -2.28. The summed E-state index contributed by atoms with van der Waals surface area (Å²) >= 11 is 3.61. The number of rotatable bonds is 2. The van der Waals surface area contributed by atoms with Gasteiger partial charge in [0.2, 0.25) is 0 Å². The molecule has 2 heterocycles. The highest BCUT2D eigenvalue weighted by Gasteiger charge is 2.28. The van der Waals surface area contributed by atoms with E-state index in [-0.39, 0.29) is 5.82 Å². The quantitative estimate of drug-likeness (QED) is 0.635. The van der Waals surface area contributed by atoms with Gasteiger partial charge in [-0.05, 0) is 30.7 Å². The Bertz CT molecular complexity index is 975. The van der Waals surface area contributed by atoms with Gasteiger partial charge in [-0.25, -0.2) is 4.39 Å². The van der Waals surface area contributed by atoms with Crippen molar-refractivity contribution in [3.05, 3.63) is 87.8 Å². The second kappa shape index (κ2) is 6.37. The third-order valence-corrected chi connectivity index (χ3v) is 4.81. The largest absolute Gasteiger partial charge is 0.294 e. The number of allylic oxidation sites excluding steroid dienone is 1. The number of anilines is 1. The molecule has 0 bridgehead atoms. The zero-order valence-electron chi connectivity index (χ0n) is 13.4. The molecular formula is C19H14BrFN4. The van der Waals surface area contributed by atoms with E-state index < -0.39 is 0 Å². The highest BCUT2D eigenvalue weighted by atomic mass is 79.9. The Morgan fingerprint density at radius 1 is 1.08 bits per heavy atom. The molecule has 4 nitrogen and oxygen atoms in total. The van der Waals surface area contributed by atoms with E-state index in [0.29, 0.717) is 17.1 Å². The summed E-state index contributed by atoms with van der Waals surface area (Å²) in [6.45, 7) is 2.06. The lowest BCUT2D eigenvalue weighted by Crippen LogP contribution is -2.23. The minimum absolute atomic E-state index is 0.311. The highest BCUT2D eigenvalue weighted by molar-refractivity contribution is 9.10. The maximum Gasteiger partial charge on any atom is 0.178 e. The van der Waals surface area contributed by atoms with Gasteiger partial charge in [-0.3, -0.25) is 9.89 Å². The zero-order chi connectivity index (χ0) is 17.4. The molecule has 0 N–H and O–H groups in total. The van der Waals surface area contributed by atoms with E-state index in [1.165, 1.54) is 6.07 Å². The van der Waals surface area contributed by atoms with Gasteiger partial charge in [0.25, 0.3) is 0 Å². The predicted molar refractivity (Wildman–Crippen MR) is 100.0 cm³/mol. The van der Waals surface area contributed by atoms with Gasteiger partial charge >= 0.3 is 0 Å². The van der Waals surface area contributed by atoms with Crippen molar-refractivity contribution in [2.24, 2.45) is 15.2 Å². The maximum atomic E-state index is 14.5. The molecule has 0 unspecified atom stereocenters. The van der Waals surface area contributed by atoms with Gasteiger partial charge in [-0.2, -0.15) is 5.11 Å². The van der Waals surface area contributed by atoms with Gasteiger partial charge in [0.15, 0.2) is 5.82 Å². The number of nitrogens with zero attached hydrogens (tertiary/aromatic N) is 4. The standard InChI is InChI=1S/C19H14BrFN4/c1-2-12-10-23-24-17-11-22-19(13-6-3-4-8-15(13)21)18-14(20)7-5-9-16(18)25(12)17/h3-11H,2H2,1H3. The number of hydrogen-bond acceptors (Lipinski definition) is 4. The number of hydrogen-bond donors (Lipinski definition) is 0. The fraction of sp³-hybridized carbons (Fsp3) is 0.105. The van der Waals surface area contributed by atoms with Crippen molar-refractivity contribution in [2.45, 2.75) is 13.3 Å². The summed E-state index contributed by atoms with van der Waals surface area (Å²) in [6.07, 6.45) is 4.17. The normalized spacial score (nSPS) is 15.6. The van der Waals surface area contributed by atoms with Gasteiger partial charge in [0.05, 0.1) is 23.8 Å². The summed E-state index contributed by atoms with van der Waals surface area (Å²) < 4.78 is 15.3. The smallest absolute Gasteiger partial charge is 0.178 e. The van der Waals surface area contributed by atoms with Crippen molar-refractivity contribution in [2.75, 3.05) is 4.90 Å². The van der Waals surface area contributed by atoms with Crippen LogP contribution in [0.2, 0.25) is 0 Å². The van der Waals surface area contributed by atoms with Gasteiger partial charge in [-0.1, -0.05) is 41.1 Å². The molecular weight excluding hydrogens is 383 g/mol. The molecule has 124 valence electrons. The first-order valence-electron chi connectivity index (χ1n) is 7.92. The average molecular weight is 397 g/mol. The number of aliphatic imine (C=N–C) groups is 1. The molecule has 25 heavy (non-hydrogen) atoms. The summed E-state index contributed by atoms with van der Waals surface area (Å²) in [4.78, 5) is 6.59. The molecule has 4 rings (SSSR count). The van der Waals surface area contributed by atoms with Crippen LogP contribution in [0.4, 0.5) is 10.1 Å². The van der Waals surface area contributed by atoms with E-state index in [0.717, 1.165) is 27.8 Å². The Balaban J connectivity index is 2.01. The molecule has 0 spiro atoms. The van der Waals surface area contributed by atoms with Crippen molar-refractivity contribution in [3.8, 4) is 0 Å². The Hall–Kier alpha value is -2.60. The van der Waals surface area contributed by atoms with E-state index >= 15 is 0 Å². The van der Waals surface area contributed by atoms with Crippen LogP contribution in [0.1, 0.15) is 24.5 Å². The molecule has 2 aromatic carbocycles. The van der Waals surface area contributed by atoms with Crippen LogP contribution in [0, 0.1) is 5.82 Å². The lowest BCUT2D eigenvalue weighted by atomic mass is 9.99. The molecule has 0 aromatic heterocycles. The second-order valence-corrected chi connectivity index (χ2v) is 6.46. The summed E-state index contributed by atoms with van der Waals surface area (Å²) in [6, 6.07) is 12.5. The Morgan fingerprint density at radius 2 is 1.92 bits per heavy atom. The van der Waals surface area contributed by atoms with Crippen LogP contribution >= 0.6 is 15.9 Å². The van der Waals surface area contributed by atoms with E-state index in [9.17, 15) is 4.39 Å². The summed E-state index contributed by atoms with van der Waals surface area (Å²) in [5.74, 6) is 0.305. The van der Waals surface area contributed by atoms with Crippen LogP contribution in [-0.4, -0.2) is 5.71 Å². The molecule has 2 aromatic rings. The Labute approximate surface area is 153 Å². The Morgan fingerprint density at radius 3 is 2.72 bits per heavy atom. The number of azo groups is 1. The van der Waals surface area contributed by atoms with Gasteiger partial charge in [0, 0.05) is 21.3 Å². The molecule has 2 aliphatic rings. The van der Waals surface area contributed by atoms with E-state index in [2.05, 4.69) is 38.1 Å². The number of fused-ring (bicyclic) bond motifs is 3. The SMILES string of the molecule is CCC1=CN=NC2=CN=C(c3ccccc3F)c3c(Br)cccc3N12. The monoisotopic (exact) mass is 396 g/mol. The fourth-order valence-corrected chi connectivity index (χ4v) is 3.54. The molecule has 6 heteroatoms. The third-order valence-electron chi connectivity index (χ3n) is 4.15. The molecule has 0 saturated carbocycles. The van der Waals surface area contributed by atoms with Crippen LogP contribution in [0.3, 0.4) is 0 Å². The van der Waals surface area contributed by atoms with E-state index in [1.54, 1.807) is 30.6 Å². The van der Waals surface area contributed by atoms with Crippen LogP contribution in [0.5, 0.6) is 0 Å². The summed E-state index contributed by atoms with van der Waals surface area (Å²) in [5.41, 5.74) is 3.74. The topological polar surface area (TPSA) is 40.3 Å². The fourth-order valence-electron chi connectivity index (χ4n) is 2.99. The molecule has 0 atom stereocenters. The zero-order valence-corrected chi connectivity index (χ0v) is 15.0. The maximum absolute atomic E-state index is 14.5. The molecule has 0 radical (unpaired) electrons. The van der Waals surface area contributed by atoms with Crippen molar-refractivity contribution < 1.29 is 4.39 Å². The molecule has 0 saturated heterocycles. The van der Waals surface area contributed by atoms with E-state index in [1.807, 2.05) is 23.1 Å². The number of benzene rings is 2. The minimum atomic E-state index is -0.311. The van der Waals surface area contributed by atoms with Gasteiger partial charge in [0.1, 0.15) is 5.82 Å². The van der Waals surface area contributed by atoms with Gasteiger partial charge < -0.3 is 0 Å². The van der Waals surface area contributed by atoms with Crippen molar-refractivity contribution in [3.63, 3.8) is 0 Å². The predicted octanol–water partition coefficient (Wildman–Crippen LogP) is 5.76. The molecule has 0 fully saturated rings. The first-order valence-corrected chi connectivity index (χ1v) is 8.71. The second-order valence-electron chi connectivity index (χ2n) is 5.60. The van der Waals surface area contributed by atoms with Crippen LogP contribution < -0.4 is 4.90 Å². The number of halogens is 2. The van der Waals surface area contributed by atoms with Crippen LogP contribution in [0.25, 0.3) is 0 Å². The first kappa shape index (κ1) is 15.9. The molecule has 0 amide bonds. The van der Waals surface area contributed by atoms with Crippen molar-refractivity contribution in [1.82, 2.24) is 0 Å². The first-order chi connectivity index (χ1) is 12.2. The van der Waals surface area contributed by atoms with Crippen molar-refractivity contribution in [1.29, 1.82) is 0 Å². The van der Waals surface area contributed by atoms with E-state index in [4.69, 9.17) is 0 Å². The Kier molecular flexibility index (Phi) is 4.05. The van der Waals surface area contributed by atoms with Crippen LogP contribution in [0.15, 0.2) is 86.1 Å². The minimum Gasteiger partial charge on any atom is -0.294 e. The van der Waals surface area contributed by atoms with Crippen LogP contribution in [-0.2, 0) is 0 Å².